The molecule has 0 amide bonds. The molecular formula is C51H56O16. The van der Waals surface area contributed by atoms with E-state index >= 15 is 0 Å². The minimum atomic E-state index is -1.23. The van der Waals surface area contributed by atoms with Crippen molar-refractivity contribution in [2.75, 3.05) is 52.9 Å². The highest BCUT2D eigenvalue weighted by Gasteiger charge is 2.21. The SMILES string of the molecule is C#CCCCC(=O)OCC(O)COc1ccc2ccc(OCC(O)COC(=O)C=C)c(Cc3c(OCC(O)COC(=O)C=C)ccc4ccc(OCC(O)COC(=O)CCCC#C)cc34)c2c1. The number of benzene rings is 4. The average molecular weight is 925 g/mol. The molecular weight excluding hydrogens is 869 g/mol. The Bertz CT molecular complexity index is 2230. The molecule has 0 aliphatic carbocycles. The van der Waals surface area contributed by atoms with Crippen LogP contribution in [0.1, 0.15) is 49.7 Å². The Morgan fingerprint density at radius 3 is 1.25 bits per heavy atom. The van der Waals surface area contributed by atoms with E-state index in [0.29, 0.717) is 70.6 Å². The molecule has 0 bridgehead atoms. The number of terminal acetylenes is 2. The molecule has 4 aromatic carbocycles. The molecule has 4 aromatic rings. The van der Waals surface area contributed by atoms with Gasteiger partial charge in [-0.25, -0.2) is 9.59 Å². The Hall–Kier alpha value is -7.08. The van der Waals surface area contributed by atoms with E-state index in [-0.39, 0.29) is 72.1 Å². The van der Waals surface area contributed by atoms with E-state index in [0.717, 1.165) is 22.9 Å². The van der Waals surface area contributed by atoms with Crippen molar-refractivity contribution in [2.24, 2.45) is 0 Å². The van der Waals surface area contributed by atoms with Crippen molar-refractivity contribution in [3.63, 3.8) is 0 Å². The second kappa shape index (κ2) is 28.1. The predicted molar refractivity (Wildman–Crippen MR) is 246 cm³/mol. The lowest BCUT2D eigenvalue weighted by Crippen LogP contribution is -2.25. The van der Waals surface area contributed by atoms with Gasteiger partial charge in [0.15, 0.2) is 0 Å². The van der Waals surface area contributed by atoms with Gasteiger partial charge in [0.05, 0.1) is 0 Å². The van der Waals surface area contributed by atoms with E-state index in [9.17, 15) is 39.6 Å². The molecule has 0 fully saturated rings. The van der Waals surface area contributed by atoms with Crippen molar-refractivity contribution >= 4 is 45.4 Å². The Kier molecular flexibility index (Phi) is 22.0. The van der Waals surface area contributed by atoms with Crippen LogP contribution in [0.25, 0.3) is 21.5 Å². The van der Waals surface area contributed by atoms with Crippen molar-refractivity contribution in [1.82, 2.24) is 0 Å². The molecule has 0 aliphatic rings. The zero-order valence-corrected chi connectivity index (χ0v) is 37.1. The van der Waals surface area contributed by atoms with Crippen LogP contribution in [-0.4, -0.2) is 122 Å². The highest BCUT2D eigenvalue weighted by atomic mass is 16.6. The highest BCUT2D eigenvalue weighted by Crippen LogP contribution is 2.38. The first-order valence-corrected chi connectivity index (χ1v) is 21.4. The van der Waals surface area contributed by atoms with Crippen LogP contribution in [-0.2, 0) is 44.5 Å². The number of hydrogen-bond acceptors (Lipinski definition) is 16. The molecule has 0 radical (unpaired) electrons. The van der Waals surface area contributed by atoms with Crippen LogP contribution in [0.4, 0.5) is 0 Å². The maximum absolute atomic E-state index is 12.1. The first kappa shape index (κ1) is 52.5. The van der Waals surface area contributed by atoms with Gasteiger partial charge in [-0.2, -0.15) is 0 Å². The van der Waals surface area contributed by atoms with Crippen LogP contribution in [0.2, 0.25) is 0 Å². The van der Waals surface area contributed by atoms with Crippen LogP contribution in [0, 0.1) is 24.7 Å². The number of rotatable bonds is 30. The van der Waals surface area contributed by atoms with E-state index < -0.39 is 48.3 Å². The summed E-state index contributed by atoms with van der Waals surface area (Å²) in [6, 6.07) is 17.5. The number of esters is 4. The van der Waals surface area contributed by atoms with Gasteiger partial charge in [-0.05, 0) is 70.8 Å². The Morgan fingerprint density at radius 2 is 0.881 bits per heavy atom. The van der Waals surface area contributed by atoms with Crippen molar-refractivity contribution in [2.45, 2.75) is 69.4 Å². The van der Waals surface area contributed by atoms with Crippen LogP contribution in [0.3, 0.4) is 0 Å². The summed E-state index contributed by atoms with van der Waals surface area (Å²) in [6.07, 6.45) is 9.77. The summed E-state index contributed by atoms with van der Waals surface area (Å²) in [4.78, 5) is 47.5. The quantitative estimate of drug-likeness (QED) is 0.0183. The molecule has 0 aromatic heterocycles. The maximum atomic E-state index is 12.1. The minimum Gasteiger partial charge on any atom is -0.491 e. The van der Waals surface area contributed by atoms with Gasteiger partial charge in [0, 0.05) is 55.4 Å². The summed E-state index contributed by atoms with van der Waals surface area (Å²) in [7, 11) is 0. The summed E-state index contributed by atoms with van der Waals surface area (Å²) in [5.41, 5.74) is 1.14. The van der Waals surface area contributed by atoms with Gasteiger partial charge in [-0.1, -0.05) is 37.4 Å². The van der Waals surface area contributed by atoms with Crippen LogP contribution in [0.5, 0.6) is 23.0 Å². The molecule has 0 spiro atoms. The zero-order valence-electron chi connectivity index (χ0n) is 37.1. The molecule has 4 unspecified atom stereocenters. The molecule has 16 heteroatoms. The molecule has 356 valence electrons. The van der Waals surface area contributed by atoms with Crippen LogP contribution in [0.15, 0.2) is 86.0 Å². The van der Waals surface area contributed by atoms with Gasteiger partial charge < -0.3 is 58.3 Å². The Morgan fingerprint density at radius 1 is 0.522 bits per heavy atom. The third-order valence-electron chi connectivity index (χ3n) is 9.67. The Labute approximate surface area is 389 Å². The summed E-state index contributed by atoms with van der Waals surface area (Å²) in [5, 5.41) is 45.4. The lowest BCUT2D eigenvalue weighted by Gasteiger charge is -2.21. The number of aliphatic hydroxyl groups is 4. The van der Waals surface area contributed by atoms with E-state index in [4.69, 9.17) is 50.7 Å². The number of unbranched alkanes of at least 4 members (excludes halogenated alkanes) is 2. The predicted octanol–water partition coefficient (Wildman–Crippen LogP) is 4.69. The number of hydrogen-bond donors (Lipinski definition) is 4. The number of ether oxygens (including phenoxy) is 8. The second-order valence-electron chi connectivity index (χ2n) is 15.0. The standard InChI is InChI=1S/C51H56O16/c1-5-9-11-13-50(58)66-32-36(52)26-60-40-19-15-34-17-21-46(62-28-38(54)30-64-48(56)7-3)44(42(34)23-40)25-45-43-24-41(61-27-37(53)33-67-51(59)14-12-10-6-2)20-16-35(43)18-22-47(45)63-29-39(55)31-65-49(57)8-4/h1-2,7-8,15-24,36-39,52-55H,3-4,9-14,25-33H2. The third-order valence-corrected chi connectivity index (χ3v) is 9.67. The van der Waals surface area contributed by atoms with Gasteiger partial charge in [0.25, 0.3) is 0 Å². The van der Waals surface area contributed by atoms with E-state index in [1.807, 2.05) is 0 Å². The minimum absolute atomic E-state index is 0.0752. The molecule has 0 heterocycles. The van der Waals surface area contributed by atoms with E-state index in [1.165, 1.54) is 0 Å². The molecule has 0 aliphatic heterocycles. The van der Waals surface area contributed by atoms with E-state index in [2.05, 4.69) is 25.0 Å². The third kappa shape index (κ3) is 18.0. The fourth-order valence-corrected chi connectivity index (χ4v) is 6.29. The summed E-state index contributed by atoms with van der Waals surface area (Å²) < 4.78 is 44.7. The zero-order chi connectivity index (χ0) is 48.6. The molecule has 4 N–H and O–H groups in total. The highest BCUT2D eigenvalue weighted by molar-refractivity contribution is 5.93. The number of carbonyl (C=O) groups excluding carboxylic acids is 4. The monoisotopic (exact) mass is 924 g/mol. The van der Waals surface area contributed by atoms with Crippen molar-refractivity contribution in [3.05, 3.63) is 97.1 Å². The summed E-state index contributed by atoms with van der Waals surface area (Å²) in [5.74, 6) is 3.82. The first-order valence-electron chi connectivity index (χ1n) is 21.4. The number of carbonyl (C=O) groups is 4. The molecule has 4 rings (SSSR count). The van der Waals surface area contributed by atoms with Gasteiger partial charge in [0.1, 0.15) is 100 Å². The van der Waals surface area contributed by atoms with Crippen molar-refractivity contribution in [3.8, 4) is 47.7 Å². The Balaban J connectivity index is 1.72. The number of fused-ring (bicyclic) bond motifs is 2. The fourth-order valence-electron chi connectivity index (χ4n) is 6.29. The number of aliphatic hydroxyl groups excluding tert-OH is 4. The maximum Gasteiger partial charge on any atom is 0.330 e. The van der Waals surface area contributed by atoms with Gasteiger partial charge >= 0.3 is 23.9 Å². The lowest BCUT2D eigenvalue weighted by atomic mass is 9.93. The van der Waals surface area contributed by atoms with Crippen LogP contribution < -0.4 is 18.9 Å². The topological polar surface area (TPSA) is 223 Å². The fraction of sp³-hybridized carbons (Fsp3) is 0.373. The van der Waals surface area contributed by atoms with Crippen molar-refractivity contribution in [1.29, 1.82) is 0 Å². The van der Waals surface area contributed by atoms with Gasteiger partial charge in [-0.15, -0.1) is 24.7 Å². The molecule has 0 saturated heterocycles. The summed E-state index contributed by atoms with van der Waals surface area (Å²) in [6.45, 7) is 4.38. The van der Waals surface area contributed by atoms with Gasteiger partial charge in [0.2, 0.25) is 0 Å². The largest absolute Gasteiger partial charge is 0.491 e. The molecule has 67 heavy (non-hydrogen) atoms. The van der Waals surface area contributed by atoms with Crippen molar-refractivity contribution < 1.29 is 77.5 Å². The smallest absolute Gasteiger partial charge is 0.330 e. The molecule has 4 atom stereocenters. The first-order chi connectivity index (χ1) is 32.3. The normalized spacial score (nSPS) is 12.6. The molecule has 0 saturated carbocycles. The average Bonchev–Trinajstić information content (AvgIpc) is 3.33. The second-order valence-corrected chi connectivity index (χ2v) is 15.0. The summed E-state index contributed by atoms with van der Waals surface area (Å²) >= 11 is 0. The lowest BCUT2D eigenvalue weighted by molar-refractivity contribution is -0.148. The molecule has 16 nitrogen and oxygen atoms in total. The van der Waals surface area contributed by atoms with E-state index in [1.54, 1.807) is 60.7 Å². The van der Waals surface area contributed by atoms with Crippen LogP contribution >= 0.6 is 0 Å². The van der Waals surface area contributed by atoms with Gasteiger partial charge in [-0.3, -0.25) is 9.59 Å².